The molecule has 1 aliphatic heterocycles. The summed E-state index contributed by atoms with van der Waals surface area (Å²) in [6, 6.07) is 17.7. The Kier molecular flexibility index (Phi) is 5.79. The van der Waals surface area contributed by atoms with E-state index in [2.05, 4.69) is 0 Å². The van der Waals surface area contributed by atoms with Gasteiger partial charge in [-0.1, -0.05) is 24.3 Å². The monoisotopic (exact) mass is 445 g/mol. The van der Waals surface area contributed by atoms with Crippen LogP contribution in [0.4, 0.5) is 5.69 Å². The molecule has 3 aromatic rings. The van der Waals surface area contributed by atoms with Crippen LogP contribution in [0, 0.1) is 0 Å². The van der Waals surface area contributed by atoms with Gasteiger partial charge in [-0.15, -0.1) is 0 Å². The van der Waals surface area contributed by atoms with E-state index >= 15 is 0 Å². The van der Waals surface area contributed by atoms with Crippen LogP contribution >= 0.6 is 0 Å². The van der Waals surface area contributed by atoms with Crippen molar-refractivity contribution in [2.75, 3.05) is 4.90 Å². The Morgan fingerprint density at radius 3 is 2.15 bits per heavy atom. The Labute approximate surface area is 190 Å². The molecule has 0 aliphatic carbocycles. The fourth-order valence-electron chi connectivity index (χ4n) is 3.84. The van der Waals surface area contributed by atoms with Crippen molar-refractivity contribution in [2.24, 2.45) is 0 Å². The summed E-state index contributed by atoms with van der Waals surface area (Å²) in [5.41, 5.74) is 0.839. The average Bonchev–Trinajstić information content (AvgIpc) is 3.05. The lowest BCUT2D eigenvalue weighted by atomic mass is 9.95. The van der Waals surface area contributed by atoms with Gasteiger partial charge in [-0.25, -0.2) is 0 Å². The van der Waals surface area contributed by atoms with Crippen molar-refractivity contribution < 1.29 is 29.6 Å². The van der Waals surface area contributed by atoms with Crippen LogP contribution in [0.1, 0.15) is 31.0 Å². The van der Waals surface area contributed by atoms with Gasteiger partial charge in [0.25, 0.3) is 11.7 Å². The zero-order valence-electron chi connectivity index (χ0n) is 18.1. The molecule has 1 aliphatic rings. The number of phenols is 2. The van der Waals surface area contributed by atoms with Crippen molar-refractivity contribution in [1.82, 2.24) is 0 Å². The van der Waals surface area contributed by atoms with Gasteiger partial charge >= 0.3 is 0 Å². The number of ketones is 1. The molecule has 1 atom stereocenters. The van der Waals surface area contributed by atoms with Gasteiger partial charge in [0.15, 0.2) is 0 Å². The average molecular weight is 445 g/mol. The molecule has 33 heavy (non-hydrogen) atoms. The van der Waals surface area contributed by atoms with E-state index < -0.39 is 17.7 Å². The first-order valence-corrected chi connectivity index (χ1v) is 10.4. The molecule has 0 aromatic heterocycles. The normalized spacial score (nSPS) is 17.5. The molecule has 0 bridgehead atoms. The van der Waals surface area contributed by atoms with Gasteiger partial charge in [0, 0.05) is 5.56 Å². The summed E-state index contributed by atoms with van der Waals surface area (Å²) in [6.07, 6.45) is -0.0252. The molecule has 7 heteroatoms. The summed E-state index contributed by atoms with van der Waals surface area (Å²) in [4.78, 5) is 27.4. The van der Waals surface area contributed by atoms with Gasteiger partial charge in [-0.2, -0.15) is 0 Å². The third kappa shape index (κ3) is 4.13. The topological polar surface area (TPSA) is 107 Å². The number of aromatic hydroxyl groups is 2. The van der Waals surface area contributed by atoms with Crippen LogP contribution < -0.4 is 9.64 Å². The molecule has 7 nitrogen and oxygen atoms in total. The number of amides is 1. The van der Waals surface area contributed by atoms with E-state index in [4.69, 9.17) is 4.74 Å². The van der Waals surface area contributed by atoms with Crippen LogP contribution in [0.25, 0.3) is 5.76 Å². The molecule has 1 unspecified atom stereocenters. The smallest absolute Gasteiger partial charge is 0.300 e. The molecular weight excluding hydrogens is 422 g/mol. The lowest BCUT2D eigenvalue weighted by Crippen LogP contribution is -2.29. The lowest BCUT2D eigenvalue weighted by molar-refractivity contribution is -0.132. The zero-order valence-corrected chi connectivity index (χ0v) is 18.1. The number of Topliss-reactive ketones (excluding diaryl/α,β-unsaturated/α-hetero) is 1. The van der Waals surface area contributed by atoms with Gasteiger partial charge in [0.05, 0.1) is 23.4 Å². The molecule has 4 rings (SSSR count). The largest absolute Gasteiger partial charge is 0.508 e. The zero-order chi connectivity index (χ0) is 23.7. The molecule has 3 N–H and O–H groups in total. The van der Waals surface area contributed by atoms with Crippen LogP contribution in [0.15, 0.2) is 78.4 Å². The summed E-state index contributed by atoms with van der Waals surface area (Å²) in [7, 11) is 0. The Morgan fingerprint density at radius 2 is 1.55 bits per heavy atom. The first-order valence-electron chi connectivity index (χ1n) is 10.4. The van der Waals surface area contributed by atoms with E-state index in [1.165, 1.54) is 24.3 Å². The van der Waals surface area contributed by atoms with E-state index in [9.17, 15) is 24.9 Å². The van der Waals surface area contributed by atoms with Crippen LogP contribution in [0.2, 0.25) is 0 Å². The number of hydrogen-bond donors (Lipinski definition) is 3. The minimum Gasteiger partial charge on any atom is -0.508 e. The number of nitrogens with zero attached hydrogens (tertiary/aromatic N) is 1. The van der Waals surface area contributed by atoms with E-state index in [1.807, 2.05) is 13.8 Å². The number of para-hydroxylation sites is 2. The van der Waals surface area contributed by atoms with E-state index in [-0.39, 0.29) is 34.6 Å². The number of phenolic OH excluding ortho intramolecular Hbond substituents is 2. The van der Waals surface area contributed by atoms with Gasteiger partial charge < -0.3 is 20.1 Å². The third-order valence-corrected chi connectivity index (χ3v) is 5.29. The van der Waals surface area contributed by atoms with E-state index in [0.29, 0.717) is 16.9 Å². The predicted molar refractivity (Wildman–Crippen MR) is 123 cm³/mol. The first kappa shape index (κ1) is 22.0. The van der Waals surface area contributed by atoms with Crippen molar-refractivity contribution in [1.29, 1.82) is 0 Å². The number of carbonyl (C=O) groups excluding carboxylic acids is 2. The number of carbonyl (C=O) groups is 2. The molecule has 0 spiro atoms. The van der Waals surface area contributed by atoms with Crippen LogP contribution in [0.3, 0.4) is 0 Å². The summed E-state index contributed by atoms with van der Waals surface area (Å²) in [6.45, 7) is 3.79. The SMILES string of the molecule is CC(C)Oc1ccc(/C(O)=C2\C(=O)C(=O)N(c3ccccc3O)C2c2ccc(O)cc2)cc1. The molecule has 0 saturated carbocycles. The fourth-order valence-corrected chi connectivity index (χ4v) is 3.84. The Hall–Kier alpha value is -4.26. The highest BCUT2D eigenvalue weighted by atomic mass is 16.5. The Morgan fingerprint density at radius 1 is 0.909 bits per heavy atom. The molecule has 3 aromatic carbocycles. The number of ether oxygens (including phenoxy) is 1. The summed E-state index contributed by atoms with van der Waals surface area (Å²) in [5, 5.41) is 31.2. The van der Waals surface area contributed by atoms with Crippen molar-refractivity contribution in [3.05, 3.63) is 89.5 Å². The maximum absolute atomic E-state index is 13.1. The standard InChI is InChI=1S/C26H23NO6/c1-15(2)33-19-13-9-17(10-14-19)24(30)22-23(16-7-11-18(28)12-8-16)27(26(32)25(22)31)20-5-3-4-6-21(20)29/h3-15,23,28-30H,1-2H3/b24-22+. The number of hydrogen-bond acceptors (Lipinski definition) is 6. The van der Waals surface area contributed by atoms with E-state index in [0.717, 1.165) is 4.90 Å². The minimum absolute atomic E-state index is 0.0130. The summed E-state index contributed by atoms with van der Waals surface area (Å²) < 4.78 is 5.62. The number of aliphatic hydroxyl groups is 1. The lowest BCUT2D eigenvalue weighted by Gasteiger charge is -2.26. The maximum Gasteiger partial charge on any atom is 0.300 e. The van der Waals surface area contributed by atoms with Crippen LogP contribution in [-0.2, 0) is 9.59 Å². The van der Waals surface area contributed by atoms with Crippen LogP contribution in [-0.4, -0.2) is 33.1 Å². The molecule has 168 valence electrons. The Bertz CT molecular complexity index is 1230. The molecule has 1 amide bonds. The predicted octanol–water partition coefficient (Wildman–Crippen LogP) is 4.51. The fraction of sp³-hybridized carbons (Fsp3) is 0.154. The van der Waals surface area contributed by atoms with E-state index in [1.54, 1.807) is 48.5 Å². The first-order chi connectivity index (χ1) is 15.8. The molecule has 1 fully saturated rings. The number of rotatable bonds is 5. The Balaban J connectivity index is 1.88. The van der Waals surface area contributed by atoms with Crippen molar-refractivity contribution in [3.63, 3.8) is 0 Å². The van der Waals surface area contributed by atoms with Gasteiger partial charge in [0.2, 0.25) is 0 Å². The highest BCUT2D eigenvalue weighted by molar-refractivity contribution is 6.51. The van der Waals surface area contributed by atoms with Gasteiger partial charge in [-0.05, 0) is 67.9 Å². The van der Waals surface area contributed by atoms with Crippen molar-refractivity contribution in [3.8, 4) is 17.2 Å². The van der Waals surface area contributed by atoms with Crippen LogP contribution in [0.5, 0.6) is 17.2 Å². The highest BCUT2D eigenvalue weighted by Gasteiger charge is 2.47. The van der Waals surface area contributed by atoms with Gasteiger partial charge in [0.1, 0.15) is 23.0 Å². The third-order valence-electron chi connectivity index (χ3n) is 5.29. The maximum atomic E-state index is 13.1. The number of anilines is 1. The van der Waals surface area contributed by atoms with Crippen molar-refractivity contribution in [2.45, 2.75) is 26.0 Å². The van der Waals surface area contributed by atoms with Gasteiger partial charge in [-0.3, -0.25) is 14.5 Å². The second kappa shape index (κ2) is 8.70. The molecule has 1 saturated heterocycles. The molecule has 1 heterocycles. The second-order valence-corrected chi connectivity index (χ2v) is 7.94. The summed E-state index contributed by atoms with van der Waals surface area (Å²) in [5.74, 6) is -1.67. The highest BCUT2D eigenvalue weighted by Crippen LogP contribution is 2.44. The second-order valence-electron chi connectivity index (χ2n) is 7.94. The summed E-state index contributed by atoms with van der Waals surface area (Å²) >= 11 is 0. The molecule has 0 radical (unpaired) electrons. The quantitative estimate of drug-likeness (QED) is 0.303. The van der Waals surface area contributed by atoms with Crippen molar-refractivity contribution >= 4 is 23.1 Å². The number of benzene rings is 3. The number of aliphatic hydroxyl groups excluding tert-OH is 1. The molecular formula is C26H23NO6. The minimum atomic E-state index is -1.01.